The second-order valence-corrected chi connectivity index (χ2v) is 8.50. The summed E-state index contributed by atoms with van der Waals surface area (Å²) in [6, 6.07) is 10.9. The van der Waals surface area contributed by atoms with Crippen molar-refractivity contribution in [1.82, 2.24) is 10.7 Å². The van der Waals surface area contributed by atoms with Crippen LogP contribution in [0.25, 0.3) is 0 Å². The number of carbonyl (C=O) groups excluding carboxylic acids is 3. The van der Waals surface area contributed by atoms with Gasteiger partial charge in [-0.25, -0.2) is 5.43 Å². The van der Waals surface area contributed by atoms with E-state index in [0.29, 0.717) is 17.9 Å². The highest BCUT2D eigenvalue weighted by molar-refractivity contribution is 9.10. The van der Waals surface area contributed by atoms with Crippen LogP contribution >= 0.6 is 15.9 Å². The summed E-state index contributed by atoms with van der Waals surface area (Å²) < 4.78 is 6.42. The van der Waals surface area contributed by atoms with Gasteiger partial charge in [-0.1, -0.05) is 48.0 Å². The lowest BCUT2D eigenvalue weighted by Gasteiger charge is -2.13. The van der Waals surface area contributed by atoms with Crippen LogP contribution in [0.15, 0.2) is 46.0 Å². The lowest BCUT2D eigenvalue weighted by atomic mass is 10.1. The van der Waals surface area contributed by atoms with Crippen LogP contribution in [-0.2, 0) is 14.4 Å². The molecule has 3 amide bonds. The molecule has 0 spiro atoms. The van der Waals surface area contributed by atoms with Crippen molar-refractivity contribution in [2.24, 2.45) is 11.0 Å². The summed E-state index contributed by atoms with van der Waals surface area (Å²) in [7, 11) is 0. The number of aryl methyl sites for hydroxylation is 2. The van der Waals surface area contributed by atoms with Gasteiger partial charge in [-0.3, -0.25) is 14.4 Å². The van der Waals surface area contributed by atoms with Crippen LogP contribution in [0.2, 0.25) is 0 Å². The molecule has 0 fully saturated rings. The number of nitrogens with one attached hydrogen (secondary N) is 3. The second kappa shape index (κ2) is 12.0. The number of nitrogens with zero attached hydrogens (tertiary/aromatic N) is 1. The molecule has 8 nitrogen and oxygen atoms in total. The van der Waals surface area contributed by atoms with Gasteiger partial charge < -0.3 is 15.4 Å². The first-order chi connectivity index (χ1) is 15.2. The zero-order valence-electron chi connectivity index (χ0n) is 18.5. The molecule has 2 rings (SSSR count). The summed E-state index contributed by atoms with van der Waals surface area (Å²) in [6.07, 6.45) is 1.34. The van der Waals surface area contributed by atoms with E-state index in [4.69, 9.17) is 4.74 Å². The molecule has 0 aliphatic carbocycles. The monoisotopic (exact) mass is 502 g/mol. The molecule has 0 radical (unpaired) electrons. The molecule has 170 valence electrons. The first-order valence-electron chi connectivity index (χ1n) is 10.1. The Bertz CT molecular complexity index is 1000. The van der Waals surface area contributed by atoms with E-state index >= 15 is 0 Å². The van der Waals surface area contributed by atoms with Crippen molar-refractivity contribution in [3.8, 4) is 5.75 Å². The lowest BCUT2D eigenvalue weighted by molar-refractivity contribution is -0.139. The minimum Gasteiger partial charge on any atom is -0.483 e. The molecule has 2 aromatic carbocycles. The van der Waals surface area contributed by atoms with Crippen molar-refractivity contribution in [2.45, 2.75) is 27.7 Å². The molecular weight excluding hydrogens is 476 g/mol. The van der Waals surface area contributed by atoms with Crippen molar-refractivity contribution in [3.05, 3.63) is 57.6 Å². The highest BCUT2D eigenvalue weighted by atomic mass is 79.9. The number of para-hydroxylation sites is 1. The number of hydrogen-bond acceptors (Lipinski definition) is 5. The number of benzene rings is 2. The fourth-order valence-corrected chi connectivity index (χ4v) is 3.05. The first-order valence-corrected chi connectivity index (χ1v) is 10.9. The van der Waals surface area contributed by atoms with E-state index < -0.39 is 11.8 Å². The maximum absolute atomic E-state index is 12.4. The SMILES string of the molecule is Cc1cccc(C)c1NC(=O)COc1ccc(Br)cc1/C=N\NC(=O)C(=O)NCC(C)C. The Morgan fingerprint density at radius 1 is 1.09 bits per heavy atom. The molecule has 0 aliphatic heterocycles. The predicted molar refractivity (Wildman–Crippen MR) is 128 cm³/mol. The molecule has 32 heavy (non-hydrogen) atoms. The number of anilines is 1. The molecule has 2 aromatic rings. The maximum atomic E-state index is 12.4. The van der Waals surface area contributed by atoms with Gasteiger partial charge in [0.25, 0.3) is 5.91 Å². The molecular formula is C23H27BrN4O4. The summed E-state index contributed by atoms with van der Waals surface area (Å²) >= 11 is 3.37. The van der Waals surface area contributed by atoms with Gasteiger partial charge in [0.2, 0.25) is 0 Å². The average Bonchev–Trinajstić information content (AvgIpc) is 2.74. The van der Waals surface area contributed by atoms with E-state index in [9.17, 15) is 14.4 Å². The number of ether oxygens (including phenoxy) is 1. The van der Waals surface area contributed by atoms with Gasteiger partial charge in [-0.2, -0.15) is 5.10 Å². The second-order valence-electron chi connectivity index (χ2n) is 7.59. The molecule has 9 heteroatoms. The van der Waals surface area contributed by atoms with Gasteiger partial charge in [0, 0.05) is 22.3 Å². The Morgan fingerprint density at radius 3 is 2.44 bits per heavy atom. The van der Waals surface area contributed by atoms with Crippen molar-refractivity contribution in [3.63, 3.8) is 0 Å². The minimum absolute atomic E-state index is 0.208. The lowest BCUT2D eigenvalue weighted by Crippen LogP contribution is -2.39. The van der Waals surface area contributed by atoms with Crippen LogP contribution in [0.5, 0.6) is 5.75 Å². The number of hydrazone groups is 1. The topological polar surface area (TPSA) is 109 Å². The number of rotatable bonds is 8. The highest BCUT2D eigenvalue weighted by Gasteiger charge is 2.13. The highest BCUT2D eigenvalue weighted by Crippen LogP contribution is 2.22. The molecule has 0 heterocycles. The van der Waals surface area contributed by atoms with Crippen molar-refractivity contribution in [2.75, 3.05) is 18.5 Å². The Morgan fingerprint density at radius 2 is 1.78 bits per heavy atom. The quantitative estimate of drug-likeness (QED) is 0.292. The third-order valence-corrected chi connectivity index (χ3v) is 4.82. The Hall–Kier alpha value is -3.20. The van der Waals surface area contributed by atoms with E-state index in [1.165, 1.54) is 6.21 Å². The van der Waals surface area contributed by atoms with Gasteiger partial charge >= 0.3 is 11.8 Å². The molecule has 0 saturated carbocycles. The van der Waals surface area contributed by atoms with Crippen molar-refractivity contribution < 1.29 is 19.1 Å². The summed E-state index contributed by atoms with van der Waals surface area (Å²) in [5.41, 5.74) is 5.38. The van der Waals surface area contributed by atoms with E-state index in [1.54, 1.807) is 18.2 Å². The number of hydrogen-bond donors (Lipinski definition) is 3. The number of amides is 3. The summed E-state index contributed by atoms with van der Waals surface area (Å²) in [6.45, 7) is 7.87. The molecule has 0 saturated heterocycles. The predicted octanol–water partition coefficient (Wildman–Crippen LogP) is 3.31. The molecule has 3 N–H and O–H groups in total. The standard InChI is InChI=1S/C23H27BrN4O4/c1-14(2)11-25-22(30)23(31)28-26-12-17-10-18(24)8-9-19(17)32-13-20(29)27-21-15(3)6-5-7-16(21)4/h5-10,12,14H,11,13H2,1-4H3,(H,25,30)(H,27,29)(H,28,31)/b26-12-. The van der Waals surface area contributed by atoms with Gasteiger partial charge in [-0.15, -0.1) is 0 Å². The Kier molecular flexibility index (Phi) is 9.39. The summed E-state index contributed by atoms with van der Waals surface area (Å²) in [4.78, 5) is 35.9. The van der Waals surface area contributed by atoms with E-state index in [-0.39, 0.29) is 18.4 Å². The van der Waals surface area contributed by atoms with E-state index in [0.717, 1.165) is 21.3 Å². The van der Waals surface area contributed by atoms with E-state index in [2.05, 4.69) is 37.1 Å². The number of carbonyl (C=O) groups is 3. The maximum Gasteiger partial charge on any atom is 0.329 e. The van der Waals surface area contributed by atoms with Crippen LogP contribution in [-0.4, -0.2) is 37.1 Å². The third-order valence-electron chi connectivity index (χ3n) is 4.32. The van der Waals surface area contributed by atoms with Crippen molar-refractivity contribution in [1.29, 1.82) is 0 Å². The van der Waals surface area contributed by atoms with Crippen molar-refractivity contribution >= 4 is 45.6 Å². The summed E-state index contributed by atoms with van der Waals surface area (Å²) in [5.74, 6) is -1.31. The Balaban J connectivity index is 1.99. The van der Waals surface area contributed by atoms with Crippen LogP contribution in [0.1, 0.15) is 30.5 Å². The van der Waals surface area contributed by atoms with Gasteiger partial charge in [0.05, 0.1) is 6.21 Å². The zero-order valence-corrected chi connectivity index (χ0v) is 20.1. The fraction of sp³-hybridized carbons (Fsp3) is 0.304. The molecule has 0 atom stereocenters. The van der Waals surface area contributed by atoms with E-state index in [1.807, 2.05) is 45.9 Å². The minimum atomic E-state index is -0.868. The molecule has 0 aromatic heterocycles. The molecule has 0 unspecified atom stereocenters. The van der Waals surface area contributed by atoms with Gasteiger partial charge in [0.15, 0.2) is 6.61 Å². The van der Waals surface area contributed by atoms with Crippen LogP contribution in [0.4, 0.5) is 5.69 Å². The third kappa shape index (κ3) is 7.81. The average molecular weight is 503 g/mol. The largest absolute Gasteiger partial charge is 0.483 e. The van der Waals surface area contributed by atoms with Gasteiger partial charge in [0.1, 0.15) is 5.75 Å². The normalized spacial score (nSPS) is 10.8. The van der Waals surface area contributed by atoms with Crippen LogP contribution in [0.3, 0.4) is 0 Å². The fourth-order valence-electron chi connectivity index (χ4n) is 2.67. The molecule has 0 aliphatic rings. The Labute approximate surface area is 195 Å². The van der Waals surface area contributed by atoms with Crippen LogP contribution in [0, 0.1) is 19.8 Å². The van der Waals surface area contributed by atoms with Gasteiger partial charge in [-0.05, 0) is 49.1 Å². The first kappa shape index (κ1) is 25.1. The zero-order chi connectivity index (χ0) is 23.7. The number of halogens is 1. The smallest absolute Gasteiger partial charge is 0.329 e. The summed E-state index contributed by atoms with van der Waals surface area (Å²) in [5, 5.41) is 9.19. The molecule has 0 bridgehead atoms. The van der Waals surface area contributed by atoms with Crippen LogP contribution < -0.4 is 20.8 Å².